The van der Waals surface area contributed by atoms with Gasteiger partial charge in [-0.05, 0) is 101 Å². The lowest BCUT2D eigenvalue weighted by molar-refractivity contribution is 0.668. The minimum Gasteiger partial charge on any atom is -0.456 e. The molecule has 5 nitrogen and oxygen atoms in total. The zero-order valence-corrected chi connectivity index (χ0v) is 32.7. The molecule has 0 aliphatic carbocycles. The number of anilines is 6. The first-order valence-corrected chi connectivity index (χ1v) is 20.6. The lowest BCUT2D eigenvalue weighted by atomic mass is 9.96. The van der Waals surface area contributed by atoms with Crippen LogP contribution in [0, 0.1) is 0 Å². The summed E-state index contributed by atoms with van der Waals surface area (Å²) >= 11 is 0. The summed E-state index contributed by atoms with van der Waals surface area (Å²) in [6.07, 6.45) is 0. The van der Waals surface area contributed by atoms with Crippen LogP contribution in [0.5, 0.6) is 0 Å². The number of nitrogens with zero attached hydrogens (tertiary/aromatic N) is 2. The Morgan fingerprint density at radius 3 is 1.46 bits per heavy atom. The Hall–Kier alpha value is -8.28. The minimum absolute atomic E-state index is 0.817. The first-order valence-electron chi connectivity index (χ1n) is 20.6. The smallest absolute Gasteiger partial charge is 0.159 e. The molecule has 0 atom stereocenters. The second-order valence-electron chi connectivity index (χ2n) is 15.6. The van der Waals surface area contributed by atoms with E-state index in [0.29, 0.717) is 0 Å². The first-order chi connectivity index (χ1) is 30.2. The van der Waals surface area contributed by atoms with Crippen LogP contribution in [0.15, 0.2) is 220 Å². The molecule has 286 valence electrons. The van der Waals surface area contributed by atoms with Crippen molar-refractivity contribution < 1.29 is 13.3 Å². The summed E-state index contributed by atoms with van der Waals surface area (Å²) in [7, 11) is 0. The molecule has 0 radical (unpaired) electrons. The Balaban J connectivity index is 1.01. The van der Waals surface area contributed by atoms with E-state index in [0.717, 1.165) is 116 Å². The predicted molar refractivity (Wildman–Crippen MR) is 253 cm³/mol. The molecule has 0 aliphatic rings. The highest BCUT2D eigenvalue weighted by Crippen LogP contribution is 2.47. The van der Waals surface area contributed by atoms with Gasteiger partial charge in [0.05, 0.1) is 11.4 Å². The fraction of sp³-hybridized carbons (Fsp3) is 0. The van der Waals surface area contributed by atoms with E-state index in [1.165, 1.54) is 5.39 Å². The van der Waals surface area contributed by atoms with Crippen LogP contribution in [-0.4, -0.2) is 0 Å². The number of hydrogen-bond donors (Lipinski definition) is 0. The monoisotopic (exact) mass is 782 g/mol. The second-order valence-corrected chi connectivity index (χ2v) is 15.6. The van der Waals surface area contributed by atoms with Gasteiger partial charge >= 0.3 is 0 Å². The van der Waals surface area contributed by atoms with Crippen LogP contribution < -0.4 is 9.80 Å². The zero-order valence-electron chi connectivity index (χ0n) is 32.7. The maximum absolute atomic E-state index is 7.04. The lowest BCUT2D eigenvalue weighted by Crippen LogP contribution is -2.09. The number of furan rings is 3. The maximum atomic E-state index is 7.04. The third-order valence-electron chi connectivity index (χ3n) is 12.2. The van der Waals surface area contributed by atoms with Crippen molar-refractivity contribution in [3.63, 3.8) is 0 Å². The highest BCUT2D eigenvalue weighted by Gasteiger charge is 2.23. The van der Waals surface area contributed by atoms with E-state index < -0.39 is 0 Å². The molecule has 0 unspecified atom stereocenters. The van der Waals surface area contributed by atoms with Crippen LogP contribution >= 0.6 is 0 Å². The average Bonchev–Trinajstić information content (AvgIpc) is 4.02. The summed E-state index contributed by atoms with van der Waals surface area (Å²) in [5.74, 6) is 0. The number of para-hydroxylation sites is 5. The van der Waals surface area contributed by atoms with E-state index in [1.807, 2.05) is 30.3 Å². The molecule has 0 amide bonds. The largest absolute Gasteiger partial charge is 0.456 e. The third-order valence-corrected chi connectivity index (χ3v) is 12.2. The van der Waals surface area contributed by atoms with E-state index in [4.69, 9.17) is 13.3 Å². The Morgan fingerprint density at radius 1 is 0.246 bits per heavy atom. The predicted octanol–water partition coefficient (Wildman–Crippen LogP) is 16.6. The fourth-order valence-corrected chi connectivity index (χ4v) is 9.50. The summed E-state index contributed by atoms with van der Waals surface area (Å²) in [5.41, 5.74) is 11.2. The summed E-state index contributed by atoms with van der Waals surface area (Å²) in [6, 6.07) is 72.3. The van der Waals surface area contributed by atoms with Crippen molar-refractivity contribution in [2.75, 3.05) is 9.80 Å². The molecular weight excluding hydrogens is 749 g/mol. The molecule has 0 saturated carbocycles. The normalized spacial score (nSPS) is 11.9. The van der Waals surface area contributed by atoms with Crippen molar-refractivity contribution >= 4 is 121 Å². The van der Waals surface area contributed by atoms with Gasteiger partial charge in [-0.15, -0.1) is 0 Å². The third kappa shape index (κ3) is 5.14. The van der Waals surface area contributed by atoms with Crippen molar-refractivity contribution in [2.45, 2.75) is 0 Å². The van der Waals surface area contributed by atoms with Crippen molar-refractivity contribution in [1.29, 1.82) is 0 Å². The second kappa shape index (κ2) is 13.1. The van der Waals surface area contributed by atoms with Gasteiger partial charge in [0.15, 0.2) is 5.58 Å². The van der Waals surface area contributed by atoms with Crippen LogP contribution in [-0.2, 0) is 0 Å². The lowest BCUT2D eigenvalue weighted by Gasteiger charge is -2.26. The van der Waals surface area contributed by atoms with Crippen molar-refractivity contribution in [3.8, 4) is 0 Å². The maximum Gasteiger partial charge on any atom is 0.159 e. The average molecular weight is 783 g/mol. The van der Waals surface area contributed by atoms with Gasteiger partial charge in [0.25, 0.3) is 0 Å². The molecule has 0 saturated heterocycles. The molecule has 13 rings (SSSR count). The van der Waals surface area contributed by atoms with Crippen molar-refractivity contribution in [1.82, 2.24) is 0 Å². The van der Waals surface area contributed by atoms with Gasteiger partial charge in [-0.2, -0.15) is 0 Å². The molecule has 61 heavy (non-hydrogen) atoms. The van der Waals surface area contributed by atoms with E-state index in [2.05, 4.69) is 186 Å². The van der Waals surface area contributed by atoms with Gasteiger partial charge in [-0.25, -0.2) is 0 Å². The van der Waals surface area contributed by atoms with Crippen LogP contribution in [0.4, 0.5) is 34.1 Å². The van der Waals surface area contributed by atoms with E-state index >= 15 is 0 Å². The highest BCUT2D eigenvalue weighted by molar-refractivity contribution is 6.30. The summed E-state index contributed by atoms with van der Waals surface area (Å²) in [6.45, 7) is 0. The molecule has 0 spiro atoms. The highest BCUT2D eigenvalue weighted by atomic mass is 16.3. The molecule has 10 aromatic carbocycles. The van der Waals surface area contributed by atoms with Gasteiger partial charge in [0.1, 0.15) is 27.9 Å². The standard InChI is InChI=1S/C56H34N2O3/c1-3-14-35(15-4-1)57(38-26-29-43-41-19-9-11-24-50(41)59-52(43)33-38)37-27-30-46-48(32-37)40-18-7-8-21-44(40)54-47-31-28-39(34-53(47)61-56(46)54)58(36-16-5-2-6-17-36)49-23-13-22-45-42-20-10-12-25-51(42)60-55(45)49/h1-34H. The Bertz CT molecular complexity index is 3840. The van der Waals surface area contributed by atoms with Crippen LogP contribution in [0.1, 0.15) is 0 Å². The molecule has 0 aliphatic heterocycles. The molecule has 0 N–H and O–H groups in total. The quantitative estimate of drug-likeness (QED) is 0.157. The van der Waals surface area contributed by atoms with Crippen LogP contribution in [0.25, 0.3) is 87.4 Å². The van der Waals surface area contributed by atoms with E-state index in [-0.39, 0.29) is 0 Å². The molecule has 3 heterocycles. The molecule has 5 heteroatoms. The van der Waals surface area contributed by atoms with E-state index in [1.54, 1.807) is 0 Å². The Kier molecular flexibility index (Phi) is 7.24. The van der Waals surface area contributed by atoms with Crippen LogP contribution in [0.3, 0.4) is 0 Å². The Morgan fingerprint density at radius 2 is 0.721 bits per heavy atom. The molecule has 3 aromatic heterocycles. The van der Waals surface area contributed by atoms with E-state index in [9.17, 15) is 0 Å². The summed E-state index contributed by atoms with van der Waals surface area (Å²) in [5, 5.41) is 11.1. The Labute approximate surface area is 349 Å². The SMILES string of the molecule is c1ccc(N(c2ccc3c(c2)oc2ccccc23)c2ccc3c(c2)c2ccccc2c2c4ccc(N(c5ccccc5)c5cccc6c5oc5ccccc56)cc4oc32)cc1. The number of fused-ring (bicyclic) bond motifs is 14. The molecule has 13 aromatic rings. The first kappa shape index (κ1) is 33.7. The zero-order chi connectivity index (χ0) is 40.0. The van der Waals surface area contributed by atoms with Crippen molar-refractivity contribution in [3.05, 3.63) is 206 Å². The summed E-state index contributed by atoms with van der Waals surface area (Å²) < 4.78 is 20.0. The van der Waals surface area contributed by atoms with Gasteiger partial charge in [0, 0.05) is 72.6 Å². The van der Waals surface area contributed by atoms with Gasteiger partial charge < -0.3 is 23.1 Å². The topological polar surface area (TPSA) is 45.9 Å². The summed E-state index contributed by atoms with van der Waals surface area (Å²) in [4.78, 5) is 4.57. The molecular formula is C56H34N2O3. The van der Waals surface area contributed by atoms with Crippen LogP contribution in [0.2, 0.25) is 0 Å². The van der Waals surface area contributed by atoms with Gasteiger partial charge in [0.2, 0.25) is 0 Å². The molecule has 0 fully saturated rings. The van der Waals surface area contributed by atoms with Gasteiger partial charge in [-0.1, -0.05) is 109 Å². The number of benzene rings is 10. The molecule has 0 bridgehead atoms. The number of rotatable bonds is 6. The minimum atomic E-state index is 0.817. The van der Waals surface area contributed by atoms with Crippen molar-refractivity contribution in [2.24, 2.45) is 0 Å². The number of hydrogen-bond acceptors (Lipinski definition) is 5. The van der Waals surface area contributed by atoms with Gasteiger partial charge in [-0.3, -0.25) is 0 Å². The fourth-order valence-electron chi connectivity index (χ4n) is 9.50.